The number of hydrogen-bond acceptors (Lipinski definition) is 2. The molecule has 0 saturated carbocycles. The average Bonchev–Trinajstić information content (AvgIpc) is 3.08. The standard InChI is InChI=1S/C16H15N5.2C2H6/c17-15(18)10-3-1-9(2-4-10)13-7-11-5-6-12(16(19)20)8-14(11)21-13;2*1-2/h1-8,21H,(H3,17,18)(H3,19,20);2*1-2H3. The van der Waals surface area contributed by atoms with Crippen molar-refractivity contribution in [2.75, 3.05) is 0 Å². The molecule has 5 nitrogen and oxygen atoms in total. The number of hydrogen-bond donors (Lipinski definition) is 5. The van der Waals surface area contributed by atoms with Crippen LogP contribution in [0.2, 0.25) is 0 Å². The summed E-state index contributed by atoms with van der Waals surface area (Å²) >= 11 is 0. The van der Waals surface area contributed by atoms with Crippen molar-refractivity contribution in [3.8, 4) is 11.3 Å². The van der Waals surface area contributed by atoms with E-state index in [2.05, 4.69) is 4.98 Å². The molecule has 1 heterocycles. The lowest BCUT2D eigenvalue weighted by Gasteiger charge is -2.01. The molecule has 25 heavy (non-hydrogen) atoms. The third-order valence-corrected chi connectivity index (χ3v) is 3.44. The maximum Gasteiger partial charge on any atom is 0.122 e. The normalized spacial score (nSPS) is 9.44. The van der Waals surface area contributed by atoms with Crippen molar-refractivity contribution in [3.05, 3.63) is 59.7 Å². The van der Waals surface area contributed by atoms with Gasteiger partial charge in [-0.05, 0) is 17.7 Å². The number of aromatic amines is 1. The predicted octanol–water partition coefficient (Wildman–Crippen LogP) is 4.46. The van der Waals surface area contributed by atoms with Gasteiger partial charge in [0.2, 0.25) is 0 Å². The van der Waals surface area contributed by atoms with E-state index in [0.717, 1.165) is 22.2 Å². The first-order chi connectivity index (χ1) is 12.0. The molecular weight excluding hydrogens is 310 g/mol. The number of fused-ring (bicyclic) bond motifs is 1. The quantitative estimate of drug-likeness (QED) is 0.359. The van der Waals surface area contributed by atoms with Crippen LogP contribution in [-0.4, -0.2) is 16.7 Å². The zero-order valence-corrected chi connectivity index (χ0v) is 15.3. The fourth-order valence-corrected chi connectivity index (χ4v) is 2.28. The molecule has 0 unspecified atom stereocenters. The molecule has 0 atom stereocenters. The van der Waals surface area contributed by atoms with E-state index in [9.17, 15) is 0 Å². The van der Waals surface area contributed by atoms with Crippen LogP contribution in [0.15, 0.2) is 48.5 Å². The first kappa shape index (κ1) is 20.0. The van der Waals surface area contributed by atoms with Crippen LogP contribution in [0.1, 0.15) is 38.8 Å². The number of amidine groups is 2. The molecular formula is C20H27N5. The molecule has 0 aliphatic carbocycles. The smallest absolute Gasteiger partial charge is 0.122 e. The van der Waals surface area contributed by atoms with Crippen LogP contribution in [0.3, 0.4) is 0 Å². The van der Waals surface area contributed by atoms with Gasteiger partial charge in [0.05, 0.1) is 0 Å². The van der Waals surface area contributed by atoms with Crippen LogP contribution in [0.4, 0.5) is 0 Å². The van der Waals surface area contributed by atoms with Crippen molar-refractivity contribution in [2.45, 2.75) is 27.7 Å². The van der Waals surface area contributed by atoms with E-state index in [0.29, 0.717) is 11.1 Å². The number of nitrogens with one attached hydrogen (secondary N) is 3. The monoisotopic (exact) mass is 337 g/mol. The minimum Gasteiger partial charge on any atom is -0.384 e. The summed E-state index contributed by atoms with van der Waals surface area (Å²) in [4.78, 5) is 3.32. The molecule has 0 amide bonds. The van der Waals surface area contributed by atoms with Gasteiger partial charge >= 0.3 is 0 Å². The van der Waals surface area contributed by atoms with Gasteiger partial charge in [-0.2, -0.15) is 0 Å². The first-order valence-corrected chi connectivity index (χ1v) is 8.46. The Morgan fingerprint density at radius 3 is 1.80 bits per heavy atom. The third kappa shape index (κ3) is 4.70. The molecule has 0 aliphatic heterocycles. The van der Waals surface area contributed by atoms with Crippen molar-refractivity contribution >= 4 is 22.6 Å². The van der Waals surface area contributed by atoms with Crippen LogP contribution < -0.4 is 11.5 Å². The lowest BCUT2D eigenvalue weighted by molar-refractivity contribution is 1.41. The Kier molecular flexibility index (Phi) is 7.41. The molecule has 1 aromatic heterocycles. The van der Waals surface area contributed by atoms with Gasteiger partial charge in [0.15, 0.2) is 0 Å². The molecule has 0 bridgehead atoms. The molecule has 0 spiro atoms. The molecule has 0 fully saturated rings. The van der Waals surface area contributed by atoms with Gasteiger partial charge in [-0.1, -0.05) is 64.1 Å². The van der Waals surface area contributed by atoms with Crippen molar-refractivity contribution in [1.82, 2.24) is 4.98 Å². The SMILES string of the molecule is CC.CC.N=C(N)c1ccc(-c2cc3ccc(C(=N)N)cc3[nH]2)cc1. The van der Waals surface area contributed by atoms with Crippen LogP contribution >= 0.6 is 0 Å². The Morgan fingerprint density at radius 1 is 0.760 bits per heavy atom. The van der Waals surface area contributed by atoms with E-state index in [1.807, 2.05) is 76.2 Å². The molecule has 0 saturated heterocycles. The molecule has 0 radical (unpaired) electrons. The average molecular weight is 337 g/mol. The summed E-state index contributed by atoms with van der Waals surface area (Å²) in [5.41, 5.74) is 15.3. The number of nitrogen functional groups attached to an aromatic ring is 2. The highest BCUT2D eigenvalue weighted by Gasteiger charge is 2.06. The predicted molar refractivity (Wildman–Crippen MR) is 108 cm³/mol. The first-order valence-electron chi connectivity index (χ1n) is 8.46. The molecule has 3 aromatic rings. The van der Waals surface area contributed by atoms with Gasteiger partial charge < -0.3 is 16.5 Å². The summed E-state index contributed by atoms with van der Waals surface area (Å²) < 4.78 is 0. The minimum atomic E-state index is 0.0545. The largest absolute Gasteiger partial charge is 0.384 e. The second-order valence-corrected chi connectivity index (χ2v) is 4.89. The lowest BCUT2D eigenvalue weighted by Crippen LogP contribution is -2.10. The minimum absolute atomic E-state index is 0.0545. The van der Waals surface area contributed by atoms with Crippen molar-refractivity contribution in [3.63, 3.8) is 0 Å². The van der Waals surface area contributed by atoms with Crippen molar-refractivity contribution in [1.29, 1.82) is 10.8 Å². The van der Waals surface area contributed by atoms with Gasteiger partial charge in [0.25, 0.3) is 0 Å². The van der Waals surface area contributed by atoms with E-state index in [1.165, 1.54) is 0 Å². The highest BCUT2D eigenvalue weighted by molar-refractivity contribution is 5.99. The van der Waals surface area contributed by atoms with Gasteiger partial charge in [-0.25, -0.2) is 0 Å². The summed E-state index contributed by atoms with van der Waals surface area (Å²) in [6.07, 6.45) is 0. The third-order valence-electron chi connectivity index (χ3n) is 3.44. The van der Waals surface area contributed by atoms with Crippen LogP contribution in [0.25, 0.3) is 22.2 Å². The Bertz CT molecular complexity index is 844. The molecule has 5 heteroatoms. The number of H-pyrrole nitrogens is 1. The van der Waals surface area contributed by atoms with Crippen LogP contribution in [0.5, 0.6) is 0 Å². The summed E-state index contributed by atoms with van der Waals surface area (Å²) in [6.45, 7) is 8.00. The van der Waals surface area contributed by atoms with Gasteiger partial charge in [-0.3, -0.25) is 10.8 Å². The number of aromatic nitrogens is 1. The van der Waals surface area contributed by atoms with E-state index in [1.54, 1.807) is 0 Å². The lowest BCUT2D eigenvalue weighted by atomic mass is 10.1. The molecule has 3 rings (SSSR count). The van der Waals surface area contributed by atoms with Gasteiger partial charge in [0.1, 0.15) is 11.7 Å². The second kappa shape index (κ2) is 9.27. The highest BCUT2D eigenvalue weighted by Crippen LogP contribution is 2.25. The molecule has 2 aromatic carbocycles. The highest BCUT2D eigenvalue weighted by atomic mass is 14.7. The maximum absolute atomic E-state index is 7.48. The Labute approximate surface area is 149 Å². The molecule has 7 N–H and O–H groups in total. The van der Waals surface area contributed by atoms with Gasteiger partial charge in [-0.15, -0.1) is 0 Å². The molecule has 132 valence electrons. The van der Waals surface area contributed by atoms with E-state index < -0.39 is 0 Å². The zero-order chi connectivity index (χ0) is 19.0. The summed E-state index contributed by atoms with van der Waals surface area (Å²) in [7, 11) is 0. The second-order valence-electron chi connectivity index (χ2n) is 4.89. The number of nitrogens with two attached hydrogens (primary N) is 2. The molecule has 0 aliphatic rings. The Morgan fingerprint density at radius 2 is 1.28 bits per heavy atom. The van der Waals surface area contributed by atoms with Crippen molar-refractivity contribution < 1.29 is 0 Å². The topological polar surface area (TPSA) is 116 Å². The van der Waals surface area contributed by atoms with Crippen LogP contribution in [0, 0.1) is 10.8 Å². The fraction of sp³-hybridized carbons (Fsp3) is 0.200. The number of benzene rings is 2. The van der Waals surface area contributed by atoms with Crippen LogP contribution in [-0.2, 0) is 0 Å². The summed E-state index contributed by atoms with van der Waals surface area (Å²) in [5.74, 6) is 0.114. The Balaban J connectivity index is 0.000000730. The van der Waals surface area contributed by atoms with Crippen molar-refractivity contribution in [2.24, 2.45) is 11.5 Å². The summed E-state index contributed by atoms with van der Waals surface area (Å²) in [6, 6.07) is 15.2. The van der Waals surface area contributed by atoms with E-state index >= 15 is 0 Å². The Hall–Kier alpha value is -3.08. The van der Waals surface area contributed by atoms with E-state index in [-0.39, 0.29) is 11.7 Å². The number of rotatable bonds is 3. The van der Waals surface area contributed by atoms with E-state index in [4.69, 9.17) is 22.3 Å². The maximum atomic E-state index is 7.48. The summed E-state index contributed by atoms with van der Waals surface area (Å²) in [5, 5.41) is 15.9. The van der Waals surface area contributed by atoms with Gasteiger partial charge in [0, 0.05) is 27.7 Å². The fourth-order valence-electron chi connectivity index (χ4n) is 2.28. The zero-order valence-electron chi connectivity index (χ0n) is 15.3.